The maximum atomic E-state index is 12.2. The van der Waals surface area contributed by atoms with Crippen LogP contribution in [0.15, 0.2) is 48.2 Å². The fraction of sp³-hybridized carbons (Fsp3) is 0.158. The van der Waals surface area contributed by atoms with Gasteiger partial charge in [0.2, 0.25) is 0 Å². The number of methoxy groups -OCH3 is 1. The van der Waals surface area contributed by atoms with Crippen molar-refractivity contribution in [1.82, 2.24) is 4.98 Å². The summed E-state index contributed by atoms with van der Waals surface area (Å²) in [4.78, 5) is 28.2. The van der Waals surface area contributed by atoms with E-state index in [9.17, 15) is 14.9 Å². The molecule has 1 atom stereocenters. The van der Waals surface area contributed by atoms with Crippen molar-refractivity contribution >= 4 is 35.4 Å². The van der Waals surface area contributed by atoms with Crippen LogP contribution in [0, 0.1) is 11.3 Å². The molecule has 0 aliphatic rings. The summed E-state index contributed by atoms with van der Waals surface area (Å²) in [5.41, 5.74) is 0.385. The van der Waals surface area contributed by atoms with Crippen LogP contribution in [0.1, 0.15) is 12.5 Å². The van der Waals surface area contributed by atoms with Crippen molar-refractivity contribution in [3.8, 4) is 11.8 Å². The summed E-state index contributed by atoms with van der Waals surface area (Å²) in [7, 11) is 1.54. The van der Waals surface area contributed by atoms with Gasteiger partial charge in [0.1, 0.15) is 23.2 Å². The van der Waals surface area contributed by atoms with E-state index in [1.54, 1.807) is 36.4 Å². The van der Waals surface area contributed by atoms with E-state index in [0.717, 1.165) is 0 Å². The quantitative estimate of drug-likeness (QED) is 0.465. The van der Waals surface area contributed by atoms with Gasteiger partial charge in [0.05, 0.1) is 12.1 Å². The van der Waals surface area contributed by atoms with E-state index in [0.29, 0.717) is 16.3 Å². The first kappa shape index (κ1) is 19.9. The third-order valence-electron chi connectivity index (χ3n) is 3.40. The molecule has 1 N–H and O–H groups in total. The smallest absolute Gasteiger partial charge is 0.349 e. The van der Waals surface area contributed by atoms with Crippen LogP contribution in [0.5, 0.6) is 5.75 Å². The van der Waals surface area contributed by atoms with Gasteiger partial charge in [0.25, 0.3) is 5.91 Å². The Morgan fingerprint density at radius 2 is 1.96 bits per heavy atom. The number of carbonyl (C=O) groups is 2. The average Bonchev–Trinajstić information content (AvgIpc) is 2.68. The molecule has 0 saturated carbocycles. The second-order valence-corrected chi connectivity index (χ2v) is 5.78. The van der Waals surface area contributed by atoms with Crippen molar-refractivity contribution in [2.45, 2.75) is 13.0 Å². The largest absolute Gasteiger partial charge is 0.497 e. The number of hydrogen-bond donors (Lipinski definition) is 1. The van der Waals surface area contributed by atoms with Crippen molar-refractivity contribution in [1.29, 1.82) is 5.26 Å². The summed E-state index contributed by atoms with van der Waals surface area (Å²) in [6, 6.07) is 11.6. The number of pyridine rings is 1. The summed E-state index contributed by atoms with van der Waals surface area (Å²) < 4.78 is 10.1. The van der Waals surface area contributed by atoms with Gasteiger partial charge in [0, 0.05) is 6.20 Å². The molecule has 0 spiro atoms. The molecule has 1 amide bonds. The number of nitriles is 1. The van der Waals surface area contributed by atoms with Gasteiger partial charge in [-0.25, -0.2) is 9.78 Å². The van der Waals surface area contributed by atoms with Gasteiger partial charge < -0.3 is 14.8 Å². The second-order valence-electron chi connectivity index (χ2n) is 5.34. The number of hydrogen-bond acceptors (Lipinski definition) is 6. The number of ether oxygens (including phenoxy) is 2. The molecule has 0 saturated heterocycles. The van der Waals surface area contributed by atoms with E-state index >= 15 is 0 Å². The highest BCUT2D eigenvalue weighted by Crippen LogP contribution is 2.15. The number of benzene rings is 1. The highest BCUT2D eigenvalue weighted by Gasteiger charge is 2.21. The van der Waals surface area contributed by atoms with Gasteiger partial charge in [-0.05, 0) is 42.8 Å². The molecule has 7 nitrogen and oxygen atoms in total. The second kappa shape index (κ2) is 9.36. The molecule has 0 unspecified atom stereocenters. The standard InChI is InChI=1S/C19H16ClN3O4/c1-12(18(24)23-17-8-5-15(20)11-22-17)27-19(25)14(10-21)9-13-3-6-16(26-2)7-4-13/h3-9,11-12H,1-2H3,(H,22,23,24)/b14-9+/t12-/m1/s1. The number of halogens is 1. The number of nitrogens with zero attached hydrogens (tertiary/aromatic N) is 2. The summed E-state index contributed by atoms with van der Waals surface area (Å²) in [5, 5.41) is 12.1. The molecule has 0 fully saturated rings. The lowest BCUT2D eigenvalue weighted by Gasteiger charge is -2.12. The number of amides is 1. The molecular formula is C19H16ClN3O4. The van der Waals surface area contributed by atoms with E-state index in [2.05, 4.69) is 10.3 Å². The molecule has 2 aromatic rings. The van der Waals surface area contributed by atoms with Crippen LogP contribution >= 0.6 is 11.6 Å². The molecule has 1 heterocycles. The predicted molar refractivity (Wildman–Crippen MR) is 100 cm³/mol. The van der Waals surface area contributed by atoms with Crippen molar-refractivity contribution in [3.63, 3.8) is 0 Å². The third-order valence-corrected chi connectivity index (χ3v) is 3.62. The fourth-order valence-corrected chi connectivity index (χ4v) is 2.07. The van der Waals surface area contributed by atoms with Crippen molar-refractivity contribution in [3.05, 3.63) is 58.8 Å². The van der Waals surface area contributed by atoms with Crippen LogP contribution in [0.4, 0.5) is 5.82 Å². The van der Waals surface area contributed by atoms with Crippen molar-refractivity contribution in [2.75, 3.05) is 12.4 Å². The van der Waals surface area contributed by atoms with E-state index in [-0.39, 0.29) is 11.4 Å². The Morgan fingerprint density at radius 3 is 2.52 bits per heavy atom. The zero-order valence-corrected chi connectivity index (χ0v) is 15.4. The van der Waals surface area contributed by atoms with Crippen LogP contribution in [0.2, 0.25) is 5.02 Å². The Morgan fingerprint density at radius 1 is 1.26 bits per heavy atom. The van der Waals surface area contributed by atoms with E-state index in [1.165, 1.54) is 32.4 Å². The lowest BCUT2D eigenvalue weighted by atomic mass is 10.1. The molecule has 0 aliphatic heterocycles. The molecule has 1 aromatic carbocycles. The normalized spacial score (nSPS) is 11.9. The van der Waals surface area contributed by atoms with Crippen LogP contribution in [-0.2, 0) is 14.3 Å². The monoisotopic (exact) mass is 385 g/mol. The lowest BCUT2D eigenvalue weighted by molar-refractivity contribution is -0.148. The minimum Gasteiger partial charge on any atom is -0.497 e. The Balaban J connectivity index is 2.01. The van der Waals surface area contributed by atoms with E-state index < -0.39 is 18.0 Å². The van der Waals surface area contributed by atoms with Gasteiger partial charge in [-0.2, -0.15) is 5.26 Å². The number of anilines is 1. The lowest BCUT2D eigenvalue weighted by Crippen LogP contribution is -2.30. The highest BCUT2D eigenvalue weighted by atomic mass is 35.5. The molecule has 27 heavy (non-hydrogen) atoms. The molecule has 2 rings (SSSR count). The molecule has 0 bridgehead atoms. The zero-order chi connectivity index (χ0) is 19.8. The van der Waals surface area contributed by atoms with E-state index in [1.807, 2.05) is 0 Å². The minimum atomic E-state index is -1.12. The van der Waals surface area contributed by atoms with Gasteiger partial charge >= 0.3 is 5.97 Å². The number of aromatic nitrogens is 1. The summed E-state index contributed by atoms with van der Waals surface area (Å²) in [6.07, 6.45) is 1.62. The number of rotatable bonds is 6. The molecule has 0 aliphatic carbocycles. The number of esters is 1. The predicted octanol–water partition coefficient (Wildman–Crippen LogP) is 3.22. The first-order valence-corrected chi connectivity index (χ1v) is 8.20. The summed E-state index contributed by atoms with van der Waals surface area (Å²) >= 11 is 5.73. The molecule has 0 radical (unpaired) electrons. The van der Waals surface area contributed by atoms with Crippen LogP contribution in [0.25, 0.3) is 6.08 Å². The maximum Gasteiger partial charge on any atom is 0.349 e. The van der Waals surface area contributed by atoms with Gasteiger partial charge in [-0.3, -0.25) is 4.79 Å². The number of nitrogens with one attached hydrogen (secondary N) is 1. The SMILES string of the molecule is COc1ccc(/C=C(\C#N)C(=O)O[C@H](C)C(=O)Nc2ccc(Cl)cn2)cc1. The topological polar surface area (TPSA) is 101 Å². The molecule has 1 aromatic heterocycles. The maximum absolute atomic E-state index is 12.2. The fourth-order valence-electron chi connectivity index (χ4n) is 1.96. The summed E-state index contributed by atoms with van der Waals surface area (Å²) in [5.74, 6) is -0.573. The van der Waals surface area contributed by atoms with Crippen LogP contribution < -0.4 is 10.1 Å². The highest BCUT2D eigenvalue weighted by molar-refractivity contribution is 6.30. The first-order valence-electron chi connectivity index (χ1n) is 7.82. The number of carbonyl (C=O) groups excluding carboxylic acids is 2. The van der Waals surface area contributed by atoms with Crippen molar-refractivity contribution < 1.29 is 19.1 Å². The average molecular weight is 386 g/mol. The first-order chi connectivity index (χ1) is 12.9. The Labute approximate surface area is 161 Å². The molecule has 138 valence electrons. The van der Waals surface area contributed by atoms with Crippen LogP contribution in [0.3, 0.4) is 0 Å². The Bertz CT molecular complexity index is 887. The molecular weight excluding hydrogens is 370 g/mol. The van der Waals surface area contributed by atoms with Gasteiger partial charge in [-0.1, -0.05) is 23.7 Å². The van der Waals surface area contributed by atoms with Crippen molar-refractivity contribution in [2.24, 2.45) is 0 Å². The van der Waals surface area contributed by atoms with Gasteiger partial charge in [-0.15, -0.1) is 0 Å². The Hall–Kier alpha value is -3.37. The summed E-state index contributed by atoms with van der Waals surface area (Å²) in [6.45, 7) is 1.39. The minimum absolute atomic E-state index is 0.232. The van der Waals surface area contributed by atoms with E-state index in [4.69, 9.17) is 21.1 Å². The third kappa shape index (κ3) is 5.83. The van der Waals surface area contributed by atoms with Crippen LogP contribution in [-0.4, -0.2) is 30.1 Å². The zero-order valence-electron chi connectivity index (χ0n) is 14.6. The Kier molecular flexibility index (Phi) is 6.92. The molecule has 8 heteroatoms. The van der Waals surface area contributed by atoms with Gasteiger partial charge in [0.15, 0.2) is 6.10 Å².